The van der Waals surface area contributed by atoms with E-state index in [1.54, 1.807) is 0 Å². The molecule has 6 heteroatoms. The summed E-state index contributed by atoms with van der Waals surface area (Å²) in [4.78, 5) is 25.1. The molecule has 1 N–H and O–H groups in total. The van der Waals surface area contributed by atoms with Crippen LogP contribution in [-0.4, -0.2) is 10.6 Å². The molecular formula is C18H17BrN2O2S. The highest BCUT2D eigenvalue weighted by Crippen LogP contribution is 2.23. The molecule has 3 rings (SSSR count). The average molecular weight is 405 g/mol. The molecule has 24 heavy (non-hydrogen) atoms. The van der Waals surface area contributed by atoms with Crippen molar-refractivity contribution in [2.45, 2.75) is 13.3 Å². The lowest BCUT2D eigenvalue weighted by Crippen LogP contribution is -2.31. The summed E-state index contributed by atoms with van der Waals surface area (Å²) < 4.78 is 1.35. The number of benzene rings is 2. The van der Waals surface area contributed by atoms with Crippen molar-refractivity contribution in [3.8, 4) is 11.3 Å². The number of carbonyl (C=O) groups is 1. The van der Waals surface area contributed by atoms with Crippen molar-refractivity contribution < 1.29 is 4.79 Å². The fourth-order valence-electron chi connectivity index (χ4n) is 2.45. The van der Waals surface area contributed by atoms with Gasteiger partial charge in [0.05, 0.1) is 12.1 Å². The standard InChI is InChI=1S/C18H16N2O2S.BrH/c1-13-17(15-10-6-3-7-11-15)20(18(22)23-13)19-16(21)12-14-8-4-2-5-9-14;/h2-11H,12H2,1H3,(H,19,21);1H. The highest BCUT2D eigenvalue weighted by molar-refractivity contribution is 8.93. The summed E-state index contributed by atoms with van der Waals surface area (Å²) in [6, 6.07) is 19.0. The summed E-state index contributed by atoms with van der Waals surface area (Å²) in [5, 5.41) is 0. The number of amides is 1. The number of aryl methyl sites for hydroxylation is 1. The van der Waals surface area contributed by atoms with Gasteiger partial charge in [0.25, 0.3) is 0 Å². The van der Waals surface area contributed by atoms with Crippen LogP contribution in [0.1, 0.15) is 10.4 Å². The van der Waals surface area contributed by atoms with Crippen molar-refractivity contribution in [2.24, 2.45) is 0 Å². The van der Waals surface area contributed by atoms with Crippen LogP contribution in [0, 0.1) is 6.92 Å². The summed E-state index contributed by atoms with van der Waals surface area (Å²) in [6.45, 7) is 1.88. The van der Waals surface area contributed by atoms with E-state index in [4.69, 9.17) is 0 Å². The Kier molecular flexibility index (Phi) is 6.11. The van der Waals surface area contributed by atoms with Crippen molar-refractivity contribution in [1.29, 1.82) is 0 Å². The van der Waals surface area contributed by atoms with Crippen molar-refractivity contribution in [3.05, 3.63) is 80.8 Å². The first-order valence-corrected chi connectivity index (χ1v) is 8.08. The first kappa shape index (κ1) is 18.2. The summed E-state index contributed by atoms with van der Waals surface area (Å²) in [6.07, 6.45) is 0.233. The Bertz CT molecular complexity index is 873. The van der Waals surface area contributed by atoms with Crippen LogP contribution >= 0.6 is 28.3 Å². The molecule has 1 heterocycles. The number of nitrogens with one attached hydrogen (secondary N) is 1. The molecule has 0 fully saturated rings. The monoisotopic (exact) mass is 404 g/mol. The SMILES string of the molecule is Br.Cc1sc(=O)n(NC(=O)Cc2ccccc2)c1-c1ccccc1. The summed E-state index contributed by atoms with van der Waals surface area (Å²) >= 11 is 1.13. The first-order valence-electron chi connectivity index (χ1n) is 7.27. The number of hydrogen-bond donors (Lipinski definition) is 1. The molecule has 124 valence electrons. The minimum atomic E-state index is -0.215. The minimum Gasteiger partial charge on any atom is -0.273 e. The summed E-state index contributed by atoms with van der Waals surface area (Å²) in [5.74, 6) is -0.215. The van der Waals surface area contributed by atoms with Gasteiger partial charge in [-0.2, -0.15) is 0 Å². The van der Waals surface area contributed by atoms with Gasteiger partial charge in [0, 0.05) is 10.4 Å². The molecule has 0 bridgehead atoms. The van der Waals surface area contributed by atoms with E-state index in [0.717, 1.165) is 33.0 Å². The average Bonchev–Trinajstić information content (AvgIpc) is 2.83. The molecule has 4 nitrogen and oxygen atoms in total. The van der Waals surface area contributed by atoms with Crippen LogP contribution in [0.25, 0.3) is 11.3 Å². The lowest BCUT2D eigenvalue weighted by Gasteiger charge is -2.10. The van der Waals surface area contributed by atoms with Gasteiger partial charge in [0.1, 0.15) is 0 Å². The third-order valence-corrected chi connectivity index (χ3v) is 4.33. The van der Waals surface area contributed by atoms with Gasteiger partial charge in [-0.25, -0.2) is 4.68 Å². The van der Waals surface area contributed by atoms with Gasteiger partial charge in [0.15, 0.2) is 0 Å². The zero-order valence-corrected chi connectivity index (χ0v) is 15.6. The number of aromatic nitrogens is 1. The van der Waals surface area contributed by atoms with Gasteiger partial charge >= 0.3 is 4.87 Å². The number of hydrogen-bond acceptors (Lipinski definition) is 3. The van der Waals surface area contributed by atoms with Gasteiger partial charge in [-0.05, 0) is 12.5 Å². The number of thiazole rings is 1. The number of halogens is 1. The number of carbonyl (C=O) groups excluding carboxylic acids is 1. The Morgan fingerprint density at radius 1 is 1.04 bits per heavy atom. The summed E-state index contributed by atoms with van der Waals surface area (Å²) in [5.41, 5.74) is 5.27. The largest absolute Gasteiger partial charge is 0.326 e. The third-order valence-electron chi connectivity index (χ3n) is 3.47. The maximum Gasteiger partial charge on any atom is 0.326 e. The molecular weight excluding hydrogens is 388 g/mol. The van der Waals surface area contributed by atoms with Crippen LogP contribution in [0.3, 0.4) is 0 Å². The van der Waals surface area contributed by atoms with E-state index < -0.39 is 0 Å². The molecule has 2 aromatic carbocycles. The van der Waals surface area contributed by atoms with Gasteiger partial charge in [-0.15, -0.1) is 17.0 Å². The van der Waals surface area contributed by atoms with Gasteiger partial charge in [0.2, 0.25) is 5.91 Å². The molecule has 0 atom stereocenters. The van der Waals surface area contributed by atoms with E-state index in [-0.39, 0.29) is 34.2 Å². The van der Waals surface area contributed by atoms with Crippen LogP contribution in [0.2, 0.25) is 0 Å². The Balaban J connectivity index is 0.00000208. The molecule has 3 aromatic rings. The molecule has 0 spiro atoms. The predicted molar refractivity (Wildman–Crippen MR) is 104 cm³/mol. The van der Waals surface area contributed by atoms with Gasteiger partial charge in [-0.1, -0.05) is 72.0 Å². The van der Waals surface area contributed by atoms with Crippen LogP contribution in [0.4, 0.5) is 0 Å². The third kappa shape index (κ3) is 4.01. The maximum atomic E-state index is 12.3. The quantitative estimate of drug-likeness (QED) is 0.719. The highest BCUT2D eigenvalue weighted by Gasteiger charge is 2.15. The van der Waals surface area contributed by atoms with Crippen molar-refractivity contribution in [2.75, 3.05) is 5.43 Å². The van der Waals surface area contributed by atoms with E-state index in [9.17, 15) is 9.59 Å². The lowest BCUT2D eigenvalue weighted by molar-refractivity contribution is -0.116. The van der Waals surface area contributed by atoms with E-state index in [1.165, 1.54) is 4.68 Å². The zero-order valence-electron chi connectivity index (χ0n) is 13.1. The lowest BCUT2D eigenvalue weighted by atomic mass is 10.1. The summed E-state index contributed by atoms with van der Waals surface area (Å²) in [7, 11) is 0. The Labute approximate surface area is 154 Å². The molecule has 0 aliphatic heterocycles. The van der Waals surface area contributed by atoms with Crippen molar-refractivity contribution in [1.82, 2.24) is 4.68 Å². The number of rotatable bonds is 4. The first-order chi connectivity index (χ1) is 11.1. The van der Waals surface area contributed by atoms with Crippen LogP contribution in [0.15, 0.2) is 65.5 Å². The predicted octanol–water partition coefficient (Wildman–Crippen LogP) is 3.78. The normalized spacial score (nSPS) is 10.0. The topological polar surface area (TPSA) is 51.1 Å². The number of nitrogens with zero attached hydrogens (tertiary/aromatic N) is 1. The molecule has 0 aliphatic carbocycles. The van der Waals surface area contributed by atoms with E-state index in [0.29, 0.717) is 0 Å². The Hall–Kier alpha value is -2.18. The van der Waals surface area contributed by atoms with Crippen molar-refractivity contribution >= 4 is 34.2 Å². The molecule has 1 aromatic heterocycles. The molecule has 0 radical (unpaired) electrons. The smallest absolute Gasteiger partial charge is 0.273 e. The maximum absolute atomic E-state index is 12.3. The second kappa shape index (κ2) is 8.08. The molecule has 0 saturated heterocycles. The fourth-order valence-corrected chi connectivity index (χ4v) is 3.25. The second-order valence-corrected chi connectivity index (χ2v) is 6.34. The molecule has 0 aliphatic rings. The molecule has 0 unspecified atom stereocenters. The van der Waals surface area contributed by atoms with E-state index >= 15 is 0 Å². The second-order valence-electron chi connectivity index (χ2n) is 5.17. The highest BCUT2D eigenvalue weighted by atomic mass is 79.9. The van der Waals surface area contributed by atoms with Gasteiger partial charge < -0.3 is 0 Å². The van der Waals surface area contributed by atoms with Crippen LogP contribution < -0.4 is 10.3 Å². The van der Waals surface area contributed by atoms with Crippen LogP contribution in [-0.2, 0) is 11.2 Å². The Morgan fingerprint density at radius 2 is 1.62 bits per heavy atom. The van der Waals surface area contributed by atoms with E-state index in [1.807, 2.05) is 67.6 Å². The minimum absolute atomic E-state index is 0. The Morgan fingerprint density at radius 3 is 2.25 bits per heavy atom. The van der Waals surface area contributed by atoms with E-state index in [2.05, 4.69) is 5.43 Å². The molecule has 1 amide bonds. The van der Waals surface area contributed by atoms with Crippen LogP contribution in [0.5, 0.6) is 0 Å². The van der Waals surface area contributed by atoms with Gasteiger partial charge in [-0.3, -0.25) is 15.0 Å². The molecule has 0 saturated carbocycles. The zero-order chi connectivity index (χ0) is 16.2. The van der Waals surface area contributed by atoms with Crippen molar-refractivity contribution in [3.63, 3.8) is 0 Å². The fraction of sp³-hybridized carbons (Fsp3) is 0.111.